The summed E-state index contributed by atoms with van der Waals surface area (Å²) in [4.78, 5) is 0. The third-order valence-corrected chi connectivity index (χ3v) is 2.56. The van der Waals surface area contributed by atoms with Crippen LogP contribution in [0, 0.1) is 17.1 Å². The first kappa shape index (κ1) is 10.1. The van der Waals surface area contributed by atoms with E-state index in [1.807, 2.05) is 6.07 Å². The molecule has 2 rings (SSSR count). The van der Waals surface area contributed by atoms with Crippen molar-refractivity contribution in [3.8, 4) is 6.07 Å². The smallest absolute Gasteiger partial charge is 0.124 e. The first-order chi connectivity index (χ1) is 7.19. The Morgan fingerprint density at radius 2 is 2.27 bits per heavy atom. The maximum atomic E-state index is 13.1. The fraction of sp³-hybridized carbons (Fsp3) is 0.364. The lowest BCUT2D eigenvalue weighted by molar-refractivity contribution is 0.193. The fourth-order valence-electron chi connectivity index (χ4n) is 1.85. The van der Waals surface area contributed by atoms with Crippen molar-refractivity contribution < 1.29 is 9.50 Å². The van der Waals surface area contributed by atoms with Crippen molar-refractivity contribution >= 4 is 0 Å². The molecule has 0 aliphatic carbocycles. The van der Waals surface area contributed by atoms with Crippen LogP contribution in [0.15, 0.2) is 18.2 Å². The van der Waals surface area contributed by atoms with Crippen molar-refractivity contribution in [3.05, 3.63) is 35.1 Å². The van der Waals surface area contributed by atoms with Gasteiger partial charge in [-0.25, -0.2) is 4.39 Å². The van der Waals surface area contributed by atoms with Crippen LogP contribution in [-0.2, 0) is 0 Å². The number of hydrogen-bond acceptors (Lipinski definition) is 3. The number of aliphatic hydroxyl groups is 1. The van der Waals surface area contributed by atoms with E-state index in [4.69, 9.17) is 5.26 Å². The van der Waals surface area contributed by atoms with Gasteiger partial charge in [-0.3, -0.25) is 0 Å². The number of nitrogens with zero attached hydrogens (tertiary/aromatic N) is 1. The van der Waals surface area contributed by atoms with Crippen LogP contribution < -0.4 is 5.32 Å². The number of aliphatic hydroxyl groups excluding tert-OH is 1. The van der Waals surface area contributed by atoms with Crippen molar-refractivity contribution in [3.63, 3.8) is 0 Å². The monoisotopic (exact) mass is 206 g/mol. The summed E-state index contributed by atoms with van der Waals surface area (Å²) in [6.45, 7) is 0.517. The second kappa shape index (κ2) is 3.97. The minimum absolute atomic E-state index is 0.0530. The van der Waals surface area contributed by atoms with Gasteiger partial charge in [0.25, 0.3) is 0 Å². The van der Waals surface area contributed by atoms with E-state index in [1.165, 1.54) is 12.1 Å². The Morgan fingerprint density at radius 1 is 1.47 bits per heavy atom. The summed E-state index contributed by atoms with van der Waals surface area (Å²) in [5, 5.41) is 21.1. The van der Waals surface area contributed by atoms with Crippen LogP contribution >= 0.6 is 0 Å². The zero-order chi connectivity index (χ0) is 10.8. The highest BCUT2D eigenvalue weighted by atomic mass is 19.1. The number of hydrogen-bond donors (Lipinski definition) is 2. The van der Waals surface area contributed by atoms with E-state index in [1.54, 1.807) is 6.07 Å². The molecular weight excluding hydrogens is 195 g/mol. The normalized spacial score (nSPS) is 25.1. The first-order valence-corrected chi connectivity index (χ1v) is 4.81. The predicted molar refractivity (Wildman–Crippen MR) is 52.5 cm³/mol. The minimum atomic E-state index is -0.410. The van der Waals surface area contributed by atoms with Gasteiger partial charge in [-0.1, -0.05) is 0 Å². The summed E-state index contributed by atoms with van der Waals surface area (Å²) >= 11 is 0. The molecule has 1 fully saturated rings. The minimum Gasteiger partial charge on any atom is -0.392 e. The lowest BCUT2D eigenvalue weighted by Gasteiger charge is -2.10. The average molecular weight is 206 g/mol. The van der Waals surface area contributed by atoms with Crippen LogP contribution in [0.25, 0.3) is 0 Å². The van der Waals surface area contributed by atoms with Crippen molar-refractivity contribution in [1.29, 1.82) is 5.26 Å². The lowest BCUT2D eigenvalue weighted by atomic mass is 10.0. The second-order valence-corrected chi connectivity index (χ2v) is 3.74. The highest BCUT2D eigenvalue weighted by molar-refractivity contribution is 5.35. The summed E-state index contributed by atoms with van der Waals surface area (Å²) < 4.78 is 13.1. The third kappa shape index (κ3) is 2.14. The van der Waals surface area contributed by atoms with Crippen LogP contribution in [0.4, 0.5) is 4.39 Å². The topological polar surface area (TPSA) is 56.0 Å². The molecule has 0 radical (unpaired) electrons. The summed E-state index contributed by atoms with van der Waals surface area (Å²) in [5.74, 6) is -0.410. The van der Waals surface area contributed by atoms with E-state index in [0.717, 1.165) is 5.56 Å². The zero-order valence-corrected chi connectivity index (χ0v) is 8.07. The first-order valence-electron chi connectivity index (χ1n) is 4.81. The molecule has 15 heavy (non-hydrogen) atoms. The number of β-amino-alcohol motifs (C(OH)–C–C–N with tert-alkyl or cyclic N) is 1. The highest BCUT2D eigenvalue weighted by Crippen LogP contribution is 2.24. The molecule has 1 heterocycles. The molecule has 0 amide bonds. The number of nitriles is 1. The standard InChI is InChI=1S/C11H11FN2O/c12-9-2-7(5-13)1-8(3-9)11-4-10(15)6-14-11/h1-3,10-11,14-15H,4,6H2/t10-,11?/m1/s1. The Balaban J connectivity index is 2.29. The van der Waals surface area contributed by atoms with Crippen molar-refractivity contribution in [2.24, 2.45) is 0 Å². The number of halogens is 1. The fourth-order valence-corrected chi connectivity index (χ4v) is 1.85. The van der Waals surface area contributed by atoms with Gasteiger partial charge in [0, 0.05) is 12.6 Å². The predicted octanol–water partition coefficient (Wildman–Crippen LogP) is 1.09. The van der Waals surface area contributed by atoms with E-state index < -0.39 is 5.82 Å². The Morgan fingerprint density at radius 3 is 2.87 bits per heavy atom. The molecule has 1 saturated heterocycles. The van der Waals surface area contributed by atoms with Crippen LogP contribution in [0.1, 0.15) is 23.6 Å². The Hall–Kier alpha value is -1.44. The van der Waals surface area contributed by atoms with Gasteiger partial charge in [0.1, 0.15) is 5.82 Å². The van der Waals surface area contributed by atoms with Gasteiger partial charge in [0.15, 0.2) is 0 Å². The van der Waals surface area contributed by atoms with Crippen LogP contribution in [0.3, 0.4) is 0 Å². The maximum absolute atomic E-state index is 13.1. The molecule has 1 unspecified atom stereocenters. The van der Waals surface area contributed by atoms with E-state index in [-0.39, 0.29) is 12.1 Å². The molecule has 2 atom stereocenters. The molecule has 0 spiro atoms. The molecule has 0 saturated carbocycles. The molecule has 1 aliphatic rings. The molecular formula is C11H11FN2O. The van der Waals surface area contributed by atoms with Gasteiger partial charge < -0.3 is 10.4 Å². The third-order valence-electron chi connectivity index (χ3n) is 2.56. The van der Waals surface area contributed by atoms with Crippen LogP contribution in [-0.4, -0.2) is 17.8 Å². The van der Waals surface area contributed by atoms with Gasteiger partial charge in [0.2, 0.25) is 0 Å². The average Bonchev–Trinajstić information content (AvgIpc) is 2.64. The number of benzene rings is 1. The Labute approximate surface area is 87.2 Å². The van der Waals surface area contributed by atoms with E-state index >= 15 is 0 Å². The van der Waals surface area contributed by atoms with Crippen molar-refractivity contribution in [1.82, 2.24) is 5.32 Å². The largest absolute Gasteiger partial charge is 0.392 e. The molecule has 1 aliphatic heterocycles. The van der Waals surface area contributed by atoms with E-state index in [0.29, 0.717) is 18.5 Å². The molecule has 0 aromatic heterocycles. The van der Waals surface area contributed by atoms with Gasteiger partial charge in [-0.15, -0.1) is 0 Å². The number of nitrogens with one attached hydrogen (secondary N) is 1. The van der Waals surface area contributed by atoms with Gasteiger partial charge in [0.05, 0.1) is 17.7 Å². The summed E-state index contributed by atoms with van der Waals surface area (Å²) in [6, 6.07) is 6.11. The summed E-state index contributed by atoms with van der Waals surface area (Å²) in [7, 11) is 0. The van der Waals surface area contributed by atoms with Crippen LogP contribution in [0.5, 0.6) is 0 Å². The Kier molecular flexibility index (Phi) is 2.67. The molecule has 4 heteroatoms. The van der Waals surface area contributed by atoms with Crippen molar-refractivity contribution in [2.75, 3.05) is 6.54 Å². The molecule has 2 N–H and O–H groups in total. The molecule has 0 bridgehead atoms. The summed E-state index contributed by atoms with van der Waals surface area (Å²) in [6.07, 6.45) is 0.178. The van der Waals surface area contributed by atoms with E-state index in [2.05, 4.69) is 5.32 Å². The Bertz CT molecular complexity index is 414. The maximum Gasteiger partial charge on any atom is 0.124 e. The molecule has 1 aromatic carbocycles. The molecule has 1 aromatic rings. The van der Waals surface area contributed by atoms with Crippen molar-refractivity contribution in [2.45, 2.75) is 18.6 Å². The quantitative estimate of drug-likeness (QED) is 0.723. The lowest BCUT2D eigenvalue weighted by Crippen LogP contribution is -2.15. The summed E-state index contributed by atoms with van der Waals surface area (Å²) in [5.41, 5.74) is 1.04. The highest BCUT2D eigenvalue weighted by Gasteiger charge is 2.23. The van der Waals surface area contributed by atoms with Crippen LogP contribution in [0.2, 0.25) is 0 Å². The zero-order valence-electron chi connectivity index (χ0n) is 8.07. The van der Waals surface area contributed by atoms with Gasteiger partial charge in [-0.05, 0) is 30.2 Å². The number of rotatable bonds is 1. The van der Waals surface area contributed by atoms with Gasteiger partial charge in [-0.2, -0.15) is 5.26 Å². The molecule has 78 valence electrons. The second-order valence-electron chi connectivity index (χ2n) is 3.74. The van der Waals surface area contributed by atoms with Gasteiger partial charge >= 0.3 is 0 Å². The molecule has 3 nitrogen and oxygen atoms in total. The SMILES string of the molecule is N#Cc1cc(F)cc(C2C[C@@H](O)CN2)c1. The van der Waals surface area contributed by atoms with E-state index in [9.17, 15) is 9.50 Å².